The third kappa shape index (κ3) is 2.63. The summed E-state index contributed by atoms with van der Waals surface area (Å²) in [5, 5.41) is 0.488. The molecule has 1 aliphatic heterocycles. The van der Waals surface area contributed by atoms with Crippen LogP contribution in [0.15, 0.2) is 73.1 Å². The zero-order valence-electron chi connectivity index (χ0n) is 13.5. The molecule has 1 aromatic heterocycles. The maximum Gasteiger partial charge on any atom is 0.365 e. The smallest absolute Gasteiger partial charge is 0.324 e. The van der Waals surface area contributed by atoms with Crippen LogP contribution in [0.3, 0.4) is 0 Å². The second-order valence-corrected chi connectivity index (χ2v) is 5.66. The number of hydroxylamine groups is 2. The topological polar surface area (TPSA) is 76.6 Å². The van der Waals surface area contributed by atoms with Crippen LogP contribution in [0, 0.1) is 0 Å². The monoisotopic (exact) mass is 344 g/mol. The lowest BCUT2D eigenvalue weighted by Crippen LogP contribution is -2.32. The third-order valence-corrected chi connectivity index (χ3v) is 4.01. The summed E-state index contributed by atoms with van der Waals surface area (Å²) >= 11 is 0. The maximum absolute atomic E-state index is 12.4. The molecule has 0 radical (unpaired) electrons. The summed E-state index contributed by atoms with van der Waals surface area (Å²) in [7, 11) is 0. The van der Waals surface area contributed by atoms with Gasteiger partial charge in [0.15, 0.2) is 0 Å². The van der Waals surface area contributed by atoms with Gasteiger partial charge in [0.1, 0.15) is 0 Å². The average Bonchev–Trinajstić information content (AvgIpc) is 2.94. The molecule has 0 N–H and O–H groups in total. The standard InChI is InChI=1S/C20H12N2O4/c23-18-16-8-4-5-9-17(16)19(24)22(18)26-20(25)15-10-14(11-21-12-15)13-6-2-1-3-7-13/h1-12H. The van der Waals surface area contributed by atoms with E-state index in [0.29, 0.717) is 5.06 Å². The predicted molar refractivity (Wildman–Crippen MR) is 92.0 cm³/mol. The summed E-state index contributed by atoms with van der Waals surface area (Å²) in [6.45, 7) is 0. The number of aromatic nitrogens is 1. The SMILES string of the molecule is O=C(ON1C(=O)c2ccccc2C1=O)c1cncc(-c2ccccc2)c1. The third-order valence-electron chi connectivity index (χ3n) is 4.01. The van der Waals surface area contributed by atoms with Crippen molar-refractivity contribution in [3.05, 3.63) is 89.7 Å². The van der Waals surface area contributed by atoms with E-state index in [1.807, 2.05) is 30.3 Å². The fraction of sp³-hybridized carbons (Fsp3) is 0. The number of carbonyl (C=O) groups excluding carboxylic acids is 3. The Kier molecular flexibility index (Phi) is 3.78. The first-order valence-electron chi connectivity index (χ1n) is 7.86. The number of rotatable bonds is 3. The zero-order chi connectivity index (χ0) is 18.1. The largest absolute Gasteiger partial charge is 0.365 e. The van der Waals surface area contributed by atoms with Crippen molar-refractivity contribution < 1.29 is 19.2 Å². The normalized spacial score (nSPS) is 12.8. The molecular formula is C20H12N2O4. The summed E-state index contributed by atoms with van der Waals surface area (Å²) < 4.78 is 0. The van der Waals surface area contributed by atoms with Crippen LogP contribution in [0.1, 0.15) is 31.1 Å². The van der Waals surface area contributed by atoms with Crippen molar-refractivity contribution in [3.63, 3.8) is 0 Å². The molecule has 0 bridgehead atoms. The molecule has 0 saturated heterocycles. The van der Waals surface area contributed by atoms with Gasteiger partial charge in [0.25, 0.3) is 11.8 Å². The molecule has 0 unspecified atom stereocenters. The lowest BCUT2D eigenvalue weighted by molar-refractivity contribution is -0.0584. The second kappa shape index (κ2) is 6.25. The van der Waals surface area contributed by atoms with Crippen molar-refractivity contribution in [2.24, 2.45) is 0 Å². The van der Waals surface area contributed by atoms with Crippen molar-refractivity contribution >= 4 is 17.8 Å². The van der Waals surface area contributed by atoms with Crippen molar-refractivity contribution in [1.82, 2.24) is 10.0 Å². The molecule has 126 valence electrons. The highest BCUT2D eigenvalue weighted by Crippen LogP contribution is 2.24. The Hall–Kier alpha value is -3.80. The number of benzene rings is 2. The highest BCUT2D eigenvalue weighted by Gasteiger charge is 2.38. The van der Waals surface area contributed by atoms with Gasteiger partial charge in [-0.05, 0) is 23.8 Å². The minimum absolute atomic E-state index is 0.142. The zero-order valence-corrected chi connectivity index (χ0v) is 13.5. The second-order valence-electron chi connectivity index (χ2n) is 5.66. The molecule has 0 spiro atoms. The lowest BCUT2D eigenvalue weighted by atomic mass is 10.1. The summed E-state index contributed by atoms with van der Waals surface area (Å²) in [6.07, 6.45) is 2.95. The molecule has 2 amide bonds. The molecule has 6 heteroatoms. The van der Waals surface area contributed by atoms with Crippen LogP contribution in [0.2, 0.25) is 0 Å². The van der Waals surface area contributed by atoms with Crippen molar-refractivity contribution in [2.75, 3.05) is 0 Å². The van der Waals surface area contributed by atoms with E-state index in [2.05, 4.69) is 4.98 Å². The molecule has 0 saturated carbocycles. The predicted octanol–water partition coefficient (Wildman–Crippen LogP) is 3.12. The Bertz CT molecular complexity index is 996. The molecule has 3 aromatic rings. The van der Waals surface area contributed by atoms with Crippen LogP contribution in [0.4, 0.5) is 0 Å². The number of amides is 2. The number of hydrogen-bond donors (Lipinski definition) is 0. The van der Waals surface area contributed by atoms with Gasteiger partial charge in [-0.1, -0.05) is 47.5 Å². The average molecular weight is 344 g/mol. The van der Waals surface area contributed by atoms with Gasteiger partial charge in [0.2, 0.25) is 0 Å². The van der Waals surface area contributed by atoms with Crippen molar-refractivity contribution in [1.29, 1.82) is 0 Å². The number of pyridine rings is 1. The van der Waals surface area contributed by atoms with E-state index in [1.54, 1.807) is 24.4 Å². The van der Waals surface area contributed by atoms with Gasteiger partial charge < -0.3 is 4.84 Å². The number of carbonyl (C=O) groups is 3. The number of imide groups is 1. The van der Waals surface area contributed by atoms with E-state index in [9.17, 15) is 14.4 Å². The minimum atomic E-state index is -0.829. The Morgan fingerprint density at radius 3 is 2.08 bits per heavy atom. The van der Waals surface area contributed by atoms with Crippen LogP contribution in [-0.4, -0.2) is 27.8 Å². The van der Waals surface area contributed by atoms with E-state index in [1.165, 1.54) is 18.3 Å². The molecular weight excluding hydrogens is 332 g/mol. The molecule has 6 nitrogen and oxygen atoms in total. The molecule has 0 aliphatic carbocycles. The van der Waals surface area contributed by atoms with Crippen LogP contribution in [-0.2, 0) is 4.84 Å². The van der Waals surface area contributed by atoms with Crippen molar-refractivity contribution in [3.8, 4) is 11.1 Å². The number of hydrogen-bond acceptors (Lipinski definition) is 5. The fourth-order valence-corrected chi connectivity index (χ4v) is 2.73. The number of fused-ring (bicyclic) bond motifs is 1. The van der Waals surface area contributed by atoms with Crippen LogP contribution >= 0.6 is 0 Å². The summed E-state index contributed by atoms with van der Waals surface area (Å²) in [6, 6.07) is 17.3. The highest BCUT2D eigenvalue weighted by atomic mass is 16.7. The molecule has 4 rings (SSSR count). The van der Waals surface area contributed by atoms with Gasteiger partial charge in [0.05, 0.1) is 16.7 Å². The Morgan fingerprint density at radius 2 is 1.42 bits per heavy atom. The van der Waals surface area contributed by atoms with E-state index >= 15 is 0 Å². The van der Waals surface area contributed by atoms with Gasteiger partial charge in [-0.3, -0.25) is 14.6 Å². The quantitative estimate of drug-likeness (QED) is 0.682. The molecule has 26 heavy (non-hydrogen) atoms. The van der Waals surface area contributed by atoms with E-state index in [-0.39, 0.29) is 16.7 Å². The Morgan fingerprint density at radius 1 is 0.808 bits per heavy atom. The molecule has 2 aromatic carbocycles. The highest BCUT2D eigenvalue weighted by molar-refractivity contribution is 6.21. The van der Waals surface area contributed by atoms with Gasteiger partial charge in [-0.25, -0.2) is 4.79 Å². The summed E-state index contributed by atoms with van der Waals surface area (Å²) in [4.78, 5) is 46.1. The molecule has 2 heterocycles. The molecule has 0 fully saturated rings. The van der Waals surface area contributed by atoms with E-state index in [0.717, 1.165) is 11.1 Å². The first kappa shape index (κ1) is 15.7. The molecule has 1 aliphatic rings. The Labute approximate surface area is 148 Å². The van der Waals surface area contributed by atoms with Gasteiger partial charge in [0, 0.05) is 18.0 Å². The van der Waals surface area contributed by atoms with Crippen LogP contribution < -0.4 is 0 Å². The first-order chi connectivity index (χ1) is 12.6. The summed E-state index contributed by atoms with van der Waals surface area (Å²) in [5.74, 6) is -2.15. The lowest BCUT2D eigenvalue weighted by Gasteiger charge is -2.13. The van der Waals surface area contributed by atoms with Crippen molar-refractivity contribution in [2.45, 2.75) is 0 Å². The van der Waals surface area contributed by atoms with E-state index < -0.39 is 17.8 Å². The van der Waals surface area contributed by atoms with Gasteiger partial charge in [-0.2, -0.15) is 0 Å². The first-order valence-corrected chi connectivity index (χ1v) is 7.86. The van der Waals surface area contributed by atoms with Crippen LogP contribution in [0.25, 0.3) is 11.1 Å². The van der Waals surface area contributed by atoms with E-state index in [4.69, 9.17) is 4.84 Å². The van der Waals surface area contributed by atoms with Crippen LogP contribution in [0.5, 0.6) is 0 Å². The van der Waals surface area contributed by atoms with Gasteiger partial charge in [-0.15, -0.1) is 0 Å². The molecule has 0 atom stereocenters. The van der Waals surface area contributed by atoms with Gasteiger partial charge >= 0.3 is 5.97 Å². The Balaban J connectivity index is 1.58. The summed E-state index contributed by atoms with van der Waals surface area (Å²) in [5.41, 5.74) is 2.17. The maximum atomic E-state index is 12.4. The minimum Gasteiger partial charge on any atom is -0.324 e. The fourth-order valence-electron chi connectivity index (χ4n) is 2.73. The number of nitrogens with zero attached hydrogens (tertiary/aromatic N) is 2.